The van der Waals surface area contributed by atoms with E-state index in [-0.39, 0.29) is 5.91 Å². The summed E-state index contributed by atoms with van der Waals surface area (Å²) in [5.41, 5.74) is 0.362. The summed E-state index contributed by atoms with van der Waals surface area (Å²) in [6.45, 7) is 0.644. The molecule has 0 bridgehead atoms. The second kappa shape index (κ2) is 7.13. The predicted octanol–water partition coefficient (Wildman–Crippen LogP) is 2.20. The van der Waals surface area contributed by atoms with Gasteiger partial charge in [0, 0.05) is 35.3 Å². The van der Waals surface area contributed by atoms with Crippen molar-refractivity contribution >= 4 is 29.0 Å². The van der Waals surface area contributed by atoms with Crippen molar-refractivity contribution in [2.45, 2.75) is 5.75 Å². The molecule has 0 atom stereocenters. The van der Waals surface area contributed by atoms with Crippen LogP contribution >= 0.6 is 23.1 Å². The second-order valence-corrected chi connectivity index (χ2v) is 5.62. The van der Waals surface area contributed by atoms with E-state index >= 15 is 0 Å². The molecule has 94 valence electrons. The molecule has 2 aromatic heterocycles. The van der Waals surface area contributed by atoms with Crippen LogP contribution in [0.25, 0.3) is 0 Å². The number of carbonyl (C=O) groups is 1. The van der Waals surface area contributed by atoms with Gasteiger partial charge < -0.3 is 5.32 Å². The SMILES string of the molecule is O=C(NCCSCc1cccs1)c1cnccn1. The zero-order valence-electron chi connectivity index (χ0n) is 9.70. The van der Waals surface area contributed by atoms with Crippen molar-refractivity contribution in [3.63, 3.8) is 0 Å². The lowest BCUT2D eigenvalue weighted by molar-refractivity contribution is 0.0951. The molecule has 2 aromatic rings. The first-order valence-electron chi connectivity index (χ1n) is 5.50. The minimum atomic E-state index is -0.167. The Morgan fingerprint density at radius 2 is 2.39 bits per heavy atom. The summed E-state index contributed by atoms with van der Waals surface area (Å²) in [4.78, 5) is 20.8. The van der Waals surface area contributed by atoms with Gasteiger partial charge in [-0.1, -0.05) is 6.07 Å². The van der Waals surface area contributed by atoms with E-state index in [4.69, 9.17) is 0 Å². The van der Waals surface area contributed by atoms with Gasteiger partial charge in [-0.25, -0.2) is 4.98 Å². The average molecular weight is 279 g/mol. The molecule has 0 saturated carbocycles. The van der Waals surface area contributed by atoms with Gasteiger partial charge in [-0.2, -0.15) is 11.8 Å². The molecular weight excluding hydrogens is 266 g/mol. The van der Waals surface area contributed by atoms with E-state index in [9.17, 15) is 4.79 Å². The smallest absolute Gasteiger partial charge is 0.271 e. The molecule has 0 aliphatic carbocycles. The summed E-state index contributed by atoms with van der Waals surface area (Å²) < 4.78 is 0. The first-order valence-corrected chi connectivity index (χ1v) is 7.54. The Morgan fingerprint density at radius 3 is 3.11 bits per heavy atom. The third kappa shape index (κ3) is 4.12. The number of aromatic nitrogens is 2. The number of hydrogen-bond acceptors (Lipinski definition) is 5. The lowest BCUT2D eigenvalue weighted by Gasteiger charge is -2.03. The summed E-state index contributed by atoms with van der Waals surface area (Å²) in [7, 11) is 0. The first-order chi connectivity index (χ1) is 8.86. The lowest BCUT2D eigenvalue weighted by atomic mass is 10.4. The van der Waals surface area contributed by atoms with Crippen LogP contribution in [0, 0.1) is 0 Å². The van der Waals surface area contributed by atoms with Crippen LogP contribution in [0.2, 0.25) is 0 Å². The van der Waals surface area contributed by atoms with E-state index in [0.717, 1.165) is 11.5 Å². The van der Waals surface area contributed by atoms with Crippen LogP contribution in [-0.2, 0) is 5.75 Å². The molecule has 1 N–H and O–H groups in total. The maximum atomic E-state index is 11.6. The molecule has 0 aromatic carbocycles. The number of amides is 1. The highest BCUT2D eigenvalue weighted by Crippen LogP contribution is 2.16. The van der Waals surface area contributed by atoms with Gasteiger partial charge in [0.25, 0.3) is 5.91 Å². The Hall–Kier alpha value is -1.40. The van der Waals surface area contributed by atoms with Gasteiger partial charge in [0.1, 0.15) is 5.69 Å². The Kier molecular flexibility index (Phi) is 5.16. The molecule has 2 heterocycles. The highest BCUT2D eigenvalue weighted by atomic mass is 32.2. The van der Waals surface area contributed by atoms with Gasteiger partial charge in [-0.3, -0.25) is 9.78 Å². The number of thioether (sulfide) groups is 1. The molecule has 0 radical (unpaired) electrons. The van der Waals surface area contributed by atoms with Crippen molar-refractivity contribution in [1.82, 2.24) is 15.3 Å². The molecule has 2 rings (SSSR count). The monoisotopic (exact) mass is 279 g/mol. The zero-order chi connectivity index (χ0) is 12.6. The van der Waals surface area contributed by atoms with Gasteiger partial charge >= 0.3 is 0 Å². The Morgan fingerprint density at radius 1 is 1.44 bits per heavy atom. The lowest BCUT2D eigenvalue weighted by Crippen LogP contribution is -2.26. The maximum absolute atomic E-state index is 11.6. The van der Waals surface area contributed by atoms with Crippen molar-refractivity contribution in [3.8, 4) is 0 Å². The van der Waals surface area contributed by atoms with Crippen molar-refractivity contribution in [2.24, 2.45) is 0 Å². The zero-order valence-corrected chi connectivity index (χ0v) is 11.3. The third-order valence-electron chi connectivity index (χ3n) is 2.15. The number of nitrogens with zero attached hydrogens (tertiary/aromatic N) is 2. The summed E-state index contributed by atoms with van der Waals surface area (Å²) in [6.07, 6.45) is 4.53. The van der Waals surface area contributed by atoms with E-state index in [1.807, 2.05) is 11.8 Å². The number of thiophene rings is 1. The Balaban J connectivity index is 1.62. The van der Waals surface area contributed by atoms with Crippen LogP contribution < -0.4 is 5.32 Å². The van der Waals surface area contributed by atoms with Crippen LogP contribution in [0.1, 0.15) is 15.4 Å². The number of nitrogens with one attached hydrogen (secondary N) is 1. The molecule has 0 aliphatic rings. The van der Waals surface area contributed by atoms with Crippen molar-refractivity contribution < 1.29 is 4.79 Å². The topological polar surface area (TPSA) is 54.9 Å². The minimum Gasteiger partial charge on any atom is -0.350 e. The van der Waals surface area contributed by atoms with Crippen molar-refractivity contribution in [2.75, 3.05) is 12.3 Å². The summed E-state index contributed by atoms with van der Waals surface area (Å²) in [5.74, 6) is 1.72. The van der Waals surface area contributed by atoms with Crippen LogP contribution in [0.4, 0.5) is 0 Å². The summed E-state index contributed by atoms with van der Waals surface area (Å²) in [6, 6.07) is 4.17. The Bertz CT molecular complexity index is 473. The van der Waals surface area contributed by atoms with E-state index in [0.29, 0.717) is 12.2 Å². The Labute approximate surface area is 114 Å². The fraction of sp³-hybridized carbons (Fsp3) is 0.250. The third-order valence-corrected chi connectivity index (χ3v) is 4.22. The van der Waals surface area contributed by atoms with Gasteiger partial charge in [0.15, 0.2) is 0 Å². The normalized spacial score (nSPS) is 10.2. The molecule has 1 amide bonds. The number of hydrogen-bond donors (Lipinski definition) is 1. The number of carbonyl (C=O) groups excluding carboxylic acids is 1. The van der Waals surface area contributed by atoms with E-state index < -0.39 is 0 Å². The highest BCUT2D eigenvalue weighted by Gasteiger charge is 2.05. The van der Waals surface area contributed by atoms with Crippen LogP contribution in [0.5, 0.6) is 0 Å². The molecule has 0 fully saturated rings. The molecule has 4 nitrogen and oxygen atoms in total. The summed E-state index contributed by atoms with van der Waals surface area (Å²) in [5, 5.41) is 4.90. The van der Waals surface area contributed by atoms with Gasteiger partial charge in [-0.05, 0) is 11.4 Å². The van der Waals surface area contributed by atoms with Crippen LogP contribution in [0.3, 0.4) is 0 Å². The standard InChI is InChI=1S/C12H13N3OS2/c16-12(11-8-13-3-4-14-11)15-5-7-17-9-10-2-1-6-18-10/h1-4,6,8H,5,7,9H2,(H,15,16). The van der Waals surface area contributed by atoms with Gasteiger partial charge in [0.2, 0.25) is 0 Å². The fourth-order valence-corrected chi connectivity index (χ4v) is 3.01. The highest BCUT2D eigenvalue weighted by molar-refractivity contribution is 7.98. The summed E-state index contributed by atoms with van der Waals surface area (Å²) >= 11 is 3.57. The quantitative estimate of drug-likeness (QED) is 0.824. The van der Waals surface area contributed by atoms with Crippen molar-refractivity contribution in [3.05, 3.63) is 46.7 Å². The average Bonchev–Trinajstić information content (AvgIpc) is 2.92. The van der Waals surface area contributed by atoms with Gasteiger partial charge in [0.05, 0.1) is 6.20 Å². The van der Waals surface area contributed by atoms with Crippen molar-refractivity contribution in [1.29, 1.82) is 0 Å². The first kappa shape index (κ1) is 13.0. The largest absolute Gasteiger partial charge is 0.350 e. The van der Waals surface area contributed by atoms with Gasteiger partial charge in [-0.15, -0.1) is 11.3 Å². The molecule has 0 spiro atoms. The molecule has 0 aliphatic heterocycles. The number of rotatable bonds is 6. The van der Waals surface area contributed by atoms with Crippen LogP contribution in [-0.4, -0.2) is 28.2 Å². The predicted molar refractivity (Wildman–Crippen MR) is 74.8 cm³/mol. The molecule has 6 heteroatoms. The van der Waals surface area contributed by atoms with E-state index in [1.54, 1.807) is 17.5 Å². The van der Waals surface area contributed by atoms with E-state index in [1.165, 1.54) is 17.3 Å². The van der Waals surface area contributed by atoms with Crippen LogP contribution in [0.15, 0.2) is 36.1 Å². The second-order valence-electron chi connectivity index (χ2n) is 3.48. The molecular formula is C12H13N3OS2. The molecule has 18 heavy (non-hydrogen) atoms. The van der Waals surface area contributed by atoms with E-state index in [2.05, 4.69) is 32.8 Å². The molecule has 0 saturated heterocycles. The maximum Gasteiger partial charge on any atom is 0.271 e. The molecule has 0 unspecified atom stereocenters. The minimum absolute atomic E-state index is 0.167. The fourth-order valence-electron chi connectivity index (χ4n) is 1.31.